The minimum atomic E-state index is -4.38. The van der Waals surface area contributed by atoms with E-state index in [-0.39, 0.29) is 38.6 Å². The number of nitrogens with two attached hydrogens (primary N) is 1. The maximum Gasteiger partial charge on any atom is 0.472 e. The smallest absolute Gasteiger partial charge is 0.462 e. The van der Waals surface area contributed by atoms with Crippen LogP contribution in [0.5, 0.6) is 0 Å². The number of ether oxygens (including phenoxy) is 2. The normalized spacial score (nSPS) is 13.6. The number of allylic oxidation sites excluding steroid dienone is 6. The second kappa shape index (κ2) is 41.9. The lowest BCUT2D eigenvalue weighted by Crippen LogP contribution is -2.29. The molecule has 0 aliphatic carbocycles. The summed E-state index contributed by atoms with van der Waals surface area (Å²) in [5.74, 6) is -0.842. The Hall–Kier alpha value is -1.77. The summed E-state index contributed by atoms with van der Waals surface area (Å²) >= 11 is 0. The van der Waals surface area contributed by atoms with Crippen LogP contribution in [-0.2, 0) is 32.7 Å². The van der Waals surface area contributed by atoms with Crippen molar-refractivity contribution in [1.29, 1.82) is 0 Å². The topological polar surface area (TPSA) is 134 Å². The molecule has 0 aliphatic heterocycles. The van der Waals surface area contributed by atoms with Crippen LogP contribution in [0.2, 0.25) is 0 Å². The van der Waals surface area contributed by atoms with E-state index in [0.29, 0.717) is 6.42 Å². The summed E-state index contributed by atoms with van der Waals surface area (Å²) in [5, 5.41) is 0. The summed E-state index contributed by atoms with van der Waals surface area (Å²) in [7, 11) is -4.38. The number of unbranched alkanes of at least 4 members (excludes halogenated alkanes) is 23. The molecule has 0 heterocycles. The third kappa shape index (κ3) is 41.7. The number of carbonyl (C=O) groups excluding carboxylic acids is 2. The van der Waals surface area contributed by atoms with E-state index in [4.69, 9.17) is 24.3 Å². The van der Waals surface area contributed by atoms with Crippen molar-refractivity contribution in [3.63, 3.8) is 0 Å². The molecule has 0 aromatic rings. The third-order valence-corrected chi connectivity index (χ3v) is 10.5. The highest BCUT2D eigenvalue weighted by Crippen LogP contribution is 2.43. The summed E-state index contributed by atoms with van der Waals surface area (Å²) in [6, 6.07) is 0. The highest BCUT2D eigenvalue weighted by Gasteiger charge is 2.26. The fourth-order valence-corrected chi connectivity index (χ4v) is 7.00. The molecule has 55 heavy (non-hydrogen) atoms. The van der Waals surface area contributed by atoms with Gasteiger partial charge in [-0.3, -0.25) is 18.6 Å². The SMILES string of the molecule is CCC=CCC=CCC=CCCCCCCCC(=O)O[C@H](COC(=O)CCCCCCCCCCCCCCCCCCCCC)COP(=O)(O)OCCN. The van der Waals surface area contributed by atoms with Crippen LogP contribution < -0.4 is 5.73 Å². The quantitative estimate of drug-likeness (QED) is 0.0268. The van der Waals surface area contributed by atoms with Gasteiger partial charge in [-0.25, -0.2) is 4.57 Å². The minimum Gasteiger partial charge on any atom is -0.462 e. The van der Waals surface area contributed by atoms with E-state index in [9.17, 15) is 19.0 Å². The van der Waals surface area contributed by atoms with Crippen LogP contribution in [0.4, 0.5) is 0 Å². The molecule has 2 atom stereocenters. The molecule has 0 aromatic heterocycles. The summed E-state index contributed by atoms with van der Waals surface area (Å²) in [6.45, 7) is 3.62. The molecule has 0 radical (unpaired) electrons. The first-order valence-corrected chi connectivity index (χ1v) is 24.0. The molecule has 0 spiro atoms. The predicted octanol–water partition coefficient (Wildman–Crippen LogP) is 12.9. The number of esters is 2. The molecule has 3 N–H and O–H groups in total. The molecule has 0 aliphatic rings. The van der Waals surface area contributed by atoms with Crippen molar-refractivity contribution >= 4 is 19.8 Å². The lowest BCUT2D eigenvalue weighted by Gasteiger charge is -2.19. The molecule has 0 saturated heterocycles. The Morgan fingerprint density at radius 1 is 0.564 bits per heavy atom. The summed E-state index contributed by atoms with van der Waals surface area (Å²) in [6.07, 6.45) is 46.1. The third-order valence-electron chi connectivity index (χ3n) is 9.54. The van der Waals surface area contributed by atoms with Crippen LogP contribution in [0.25, 0.3) is 0 Å². The van der Waals surface area contributed by atoms with Crippen molar-refractivity contribution < 1.29 is 37.6 Å². The summed E-state index contributed by atoms with van der Waals surface area (Å²) in [4.78, 5) is 34.9. The Morgan fingerprint density at radius 3 is 1.49 bits per heavy atom. The van der Waals surface area contributed by atoms with E-state index in [1.54, 1.807) is 0 Å². The van der Waals surface area contributed by atoms with Gasteiger partial charge >= 0.3 is 19.8 Å². The lowest BCUT2D eigenvalue weighted by atomic mass is 10.0. The summed E-state index contributed by atoms with van der Waals surface area (Å²) in [5.41, 5.74) is 5.35. The van der Waals surface area contributed by atoms with Crippen molar-refractivity contribution in [3.05, 3.63) is 36.5 Å². The van der Waals surface area contributed by atoms with Gasteiger partial charge in [0.1, 0.15) is 6.61 Å². The monoisotopic (exact) mass is 798 g/mol. The van der Waals surface area contributed by atoms with E-state index in [0.717, 1.165) is 70.6 Å². The number of hydrogen-bond acceptors (Lipinski definition) is 8. The van der Waals surface area contributed by atoms with Crippen LogP contribution in [0.15, 0.2) is 36.5 Å². The van der Waals surface area contributed by atoms with Crippen molar-refractivity contribution in [2.45, 2.75) is 213 Å². The highest BCUT2D eigenvalue weighted by atomic mass is 31.2. The number of carbonyl (C=O) groups is 2. The molecular weight excluding hydrogens is 713 g/mol. The number of rotatable bonds is 42. The first kappa shape index (κ1) is 53.2. The average Bonchev–Trinajstić information content (AvgIpc) is 3.17. The van der Waals surface area contributed by atoms with Gasteiger partial charge in [0.25, 0.3) is 0 Å². The van der Waals surface area contributed by atoms with E-state index in [2.05, 4.69) is 50.3 Å². The van der Waals surface area contributed by atoms with Crippen molar-refractivity contribution in [3.8, 4) is 0 Å². The van der Waals surface area contributed by atoms with Gasteiger partial charge in [-0.2, -0.15) is 0 Å². The molecule has 10 heteroatoms. The number of phosphoric ester groups is 1. The molecule has 1 unspecified atom stereocenters. The van der Waals surface area contributed by atoms with Crippen LogP contribution in [0, 0.1) is 0 Å². The van der Waals surface area contributed by atoms with Crippen LogP contribution >= 0.6 is 7.82 Å². The lowest BCUT2D eigenvalue weighted by molar-refractivity contribution is -0.161. The maximum atomic E-state index is 12.6. The Labute approximate surface area is 337 Å². The molecule has 0 bridgehead atoms. The van der Waals surface area contributed by atoms with Crippen LogP contribution in [0.3, 0.4) is 0 Å². The van der Waals surface area contributed by atoms with Crippen molar-refractivity contribution in [1.82, 2.24) is 0 Å². The predicted molar refractivity (Wildman–Crippen MR) is 229 cm³/mol. The fourth-order valence-electron chi connectivity index (χ4n) is 6.24. The molecule has 9 nitrogen and oxygen atoms in total. The molecule has 0 amide bonds. The second-order valence-electron chi connectivity index (χ2n) is 14.9. The number of hydrogen-bond donors (Lipinski definition) is 2. The maximum absolute atomic E-state index is 12.6. The largest absolute Gasteiger partial charge is 0.472 e. The van der Waals surface area contributed by atoms with Gasteiger partial charge in [-0.1, -0.05) is 185 Å². The van der Waals surface area contributed by atoms with Gasteiger partial charge < -0.3 is 20.1 Å². The Balaban J connectivity index is 4.10. The van der Waals surface area contributed by atoms with Crippen molar-refractivity contribution in [2.24, 2.45) is 5.73 Å². The van der Waals surface area contributed by atoms with Crippen LogP contribution in [-0.4, -0.2) is 49.3 Å². The zero-order chi connectivity index (χ0) is 40.3. The second-order valence-corrected chi connectivity index (χ2v) is 16.3. The molecular formula is C45H84NO8P. The van der Waals surface area contributed by atoms with E-state index in [1.807, 2.05) is 0 Å². The van der Waals surface area contributed by atoms with E-state index >= 15 is 0 Å². The zero-order valence-corrected chi connectivity index (χ0v) is 36.3. The molecule has 0 aromatic carbocycles. The van der Waals surface area contributed by atoms with Crippen molar-refractivity contribution in [2.75, 3.05) is 26.4 Å². The Bertz CT molecular complexity index is 1000. The zero-order valence-electron chi connectivity index (χ0n) is 35.4. The van der Waals surface area contributed by atoms with E-state index in [1.165, 1.54) is 103 Å². The highest BCUT2D eigenvalue weighted by molar-refractivity contribution is 7.47. The molecule has 0 fully saturated rings. The average molecular weight is 798 g/mol. The first-order valence-electron chi connectivity index (χ1n) is 22.5. The minimum absolute atomic E-state index is 0.0507. The number of phosphoric acid groups is 1. The van der Waals surface area contributed by atoms with Gasteiger partial charge in [-0.05, 0) is 44.9 Å². The Morgan fingerprint density at radius 2 is 1.00 bits per heavy atom. The van der Waals surface area contributed by atoms with Gasteiger partial charge in [0.05, 0.1) is 13.2 Å². The molecule has 0 saturated carbocycles. The summed E-state index contributed by atoms with van der Waals surface area (Å²) < 4.78 is 32.8. The van der Waals surface area contributed by atoms with Gasteiger partial charge in [0, 0.05) is 19.4 Å². The van der Waals surface area contributed by atoms with E-state index < -0.39 is 26.5 Å². The molecule has 0 rings (SSSR count). The van der Waals surface area contributed by atoms with Gasteiger partial charge in [0.2, 0.25) is 0 Å². The van der Waals surface area contributed by atoms with Crippen LogP contribution in [0.1, 0.15) is 206 Å². The first-order chi connectivity index (χ1) is 26.8. The standard InChI is InChI=1S/C45H84NO8P/c1-3-5-7-9-11-13-15-17-19-20-21-22-24-25-27-29-31-33-35-37-44(47)51-41-43(42-53-55(49,50)52-40-39-46)54-45(48)38-36-34-32-30-28-26-23-18-16-14-12-10-8-6-4-2/h6,8,12,14,18,23,43H,3-5,7,9-11,13,15-17,19-22,24-42,46H2,1-2H3,(H,49,50)/t43-/m1/s1. The van der Waals surface area contributed by atoms with Gasteiger partial charge in [0.15, 0.2) is 6.10 Å². The Kier molecular flexibility index (Phi) is 40.5. The molecule has 322 valence electrons. The fraction of sp³-hybridized carbons (Fsp3) is 0.822. The van der Waals surface area contributed by atoms with Gasteiger partial charge in [-0.15, -0.1) is 0 Å².